The lowest BCUT2D eigenvalue weighted by Gasteiger charge is -2.23. The summed E-state index contributed by atoms with van der Waals surface area (Å²) in [6.07, 6.45) is 1.44. The Morgan fingerprint density at radius 1 is 1.26 bits per heavy atom. The highest BCUT2D eigenvalue weighted by Crippen LogP contribution is 2.33. The predicted octanol–water partition coefficient (Wildman–Crippen LogP) is 5.32. The van der Waals surface area contributed by atoms with E-state index in [-0.39, 0.29) is 12.4 Å². The van der Waals surface area contributed by atoms with E-state index in [4.69, 9.17) is 20.8 Å². The van der Waals surface area contributed by atoms with E-state index >= 15 is 0 Å². The number of hydrogen-bond acceptors (Lipinski definition) is 5. The van der Waals surface area contributed by atoms with Gasteiger partial charge in [-0.05, 0) is 49.6 Å². The van der Waals surface area contributed by atoms with Crippen LogP contribution in [0.3, 0.4) is 0 Å². The van der Waals surface area contributed by atoms with Crippen LogP contribution in [0, 0.1) is 5.82 Å². The number of ether oxygens (including phenoxy) is 1. The molecular formula is C23H22ClFN2O4. The van der Waals surface area contributed by atoms with Gasteiger partial charge in [-0.15, -0.1) is 0 Å². The average Bonchev–Trinajstić information content (AvgIpc) is 3.55. The highest BCUT2D eigenvalue weighted by molar-refractivity contribution is 6.31. The molecule has 0 aliphatic heterocycles. The molecular weight excluding hydrogens is 423 g/mol. The van der Waals surface area contributed by atoms with Gasteiger partial charge in [0.15, 0.2) is 0 Å². The number of carbonyl (C=O) groups is 1. The lowest BCUT2D eigenvalue weighted by atomic mass is 10.1. The fourth-order valence-corrected chi connectivity index (χ4v) is 3.81. The van der Waals surface area contributed by atoms with E-state index < -0.39 is 11.7 Å². The second kappa shape index (κ2) is 9.08. The maximum atomic E-state index is 14.3. The maximum absolute atomic E-state index is 14.3. The highest BCUT2D eigenvalue weighted by atomic mass is 35.5. The minimum atomic E-state index is -0.581. The minimum Gasteiger partial charge on any atom is -0.450 e. The summed E-state index contributed by atoms with van der Waals surface area (Å²) >= 11 is 6.23. The number of anilines is 1. The zero-order valence-corrected chi connectivity index (χ0v) is 17.7. The van der Waals surface area contributed by atoms with Crippen LogP contribution in [0.4, 0.5) is 14.9 Å². The molecule has 31 heavy (non-hydrogen) atoms. The molecule has 0 radical (unpaired) electrons. The zero-order valence-electron chi connectivity index (χ0n) is 17.0. The number of nitrogens with one attached hydrogen (secondary N) is 1. The van der Waals surface area contributed by atoms with Crippen LogP contribution in [-0.4, -0.2) is 23.6 Å². The quantitative estimate of drug-likeness (QED) is 0.499. The Morgan fingerprint density at radius 2 is 2.06 bits per heavy atom. The van der Waals surface area contributed by atoms with Gasteiger partial charge in [0, 0.05) is 52.9 Å². The first-order chi connectivity index (χ1) is 14.9. The van der Waals surface area contributed by atoms with Crippen LogP contribution < -0.4 is 10.9 Å². The van der Waals surface area contributed by atoms with Crippen molar-refractivity contribution in [1.82, 2.24) is 4.90 Å². The summed E-state index contributed by atoms with van der Waals surface area (Å²) in [6, 6.07) is 11.5. The molecule has 1 N–H and O–H groups in total. The third-order valence-electron chi connectivity index (χ3n) is 5.21. The van der Waals surface area contributed by atoms with Crippen molar-refractivity contribution in [2.45, 2.75) is 38.9 Å². The number of benzene rings is 2. The van der Waals surface area contributed by atoms with Crippen LogP contribution in [0.25, 0.3) is 11.0 Å². The van der Waals surface area contributed by atoms with Crippen LogP contribution in [0.2, 0.25) is 5.02 Å². The number of amides is 1. The van der Waals surface area contributed by atoms with Gasteiger partial charge in [-0.3, -0.25) is 10.2 Å². The molecule has 1 heterocycles. The molecule has 1 aromatic heterocycles. The maximum Gasteiger partial charge on any atom is 0.411 e. The fourth-order valence-electron chi connectivity index (χ4n) is 3.58. The first-order valence-electron chi connectivity index (χ1n) is 10.1. The van der Waals surface area contributed by atoms with Gasteiger partial charge in [0.2, 0.25) is 0 Å². The van der Waals surface area contributed by atoms with Crippen LogP contribution in [0.1, 0.15) is 30.9 Å². The van der Waals surface area contributed by atoms with Gasteiger partial charge in [0.1, 0.15) is 11.4 Å². The molecule has 8 heteroatoms. The van der Waals surface area contributed by atoms with E-state index in [9.17, 15) is 14.0 Å². The molecule has 3 aromatic rings. The molecule has 0 atom stereocenters. The molecule has 1 fully saturated rings. The third kappa shape index (κ3) is 5.06. The van der Waals surface area contributed by atoms with E-state index in [2.05, 4.69) is 10.2 Å². The first kappa shape index (κ1) is 21.3. The summed E-state index contributed by atoms with van der Waals surface area (Å²) in [5, 5.41) is 3.73. The Bertz CT molecular complexity index is 1160. The Kier molecular flexibility index (Phi) is 6.25. The first-order valence-corrected chi connectivity index (χ1v) is 10.5. The average molecular weight is 445 g/mol. The van der Waals surface area contributed by atoms with Gasteiger partial charge in [0.05, 0.1) is 6.61 Å². The SMILES string of the molecule is CCOC(=O)Nc1ccc2c(CN(Cc3c(F)cccc3Cl)C3CC3)cc(=O)oc2c1. The fraction of sp³-hybridized carbons (Fsp3) is 0.304. The molecule has 162 valence electrons. The standard InChI is InChI=1S/C23H22ClFN2O4/c1-2-30-23(29)26-15-6-9-17-14(10-22(28)31-21(17)11-15)12-27(16-7-8-16)13-18-19(24)4-3-5-20(18)25/h3-6,9-11,16H,2,7-8,12-13H2,1H3,(H,26,29). The molecule has 0 bridgehead atoms. The summed E-state index contributed by atoms with van der Waals surface area (Å²) in [5.41, 5.74) is 1.55. The number of fused-ring (bicyclic) bond motifs is 1. The van der Waals surface area contributed by atoms with Gasteiger partial charge in [0.25, 0.3) is 0 Å². The molecule has 2 aromatic carbocycles. The van der Waals surface area contributed by atoms with Crippen LogP contribution in [-0.2, 0) is 17.8 Å². The van der Waals surface area contributed by atoms with E-state index in [1.54, 1.807) is 37.3 Å². The van der Waals surface area contributed by atoms with Crippen molar-refractivity contribution in [1.29, 1.82) is 0 Å². The van der Waals surface area contributed by atoms with E-state index in [0.717, 1.165) is 23.8 Å². The lowest BCUT2D eigenvalue weighted by molar-refractivity contribution is 0.168. The number of nitrogens with zero attached hydrogens (tertiary/aromatic N) is 1. The van der Waals surface area contributed by atoms with Crippen molar-refractivity contribution in [2.75, 3.05) is 11.9 Å². The lowest BCUT2D eigenvalue weighted by Crippen LogP contribution is -2.26. The Labute approximate surface area is 183 Å². The monoisotopic (exact) mass is 444 g/mol. The second-order valence-electron chi connectivity index (χ2n) is 7.48. The summed E-state index contributed by atoms with van der Waals surface area (Å²) in [4.78, 5) is 26.0. The normalized spacial score (nSPS) is 13.5. The van der Waals surface area contributed by atoms with Gasteiger partial charge < -0.3 is 9.15 Å². The second-order valence-corrected chi connectivity index (χ2v) is 7.89. The van der Waals surface area contributed by atoms with Gasteiger partial charge in [-0.25, -0.2) is 14.0 Å². The zero-order chi connectivity index (χ0) is 22.0. The molecule has 1 aliphatic rings. The number of rotatable bonds is 7. The van der Waals surface area contributed by atoms with Crippen molar-refractivity contribution >= 4 is 34.4 Å². The molecule has 6 nitrogen and oxygen atoms in total. The van der Waals surface area contributed by atoms with Crippen molar-refractivity contribution in [3.05, 3.63) is 74.9 Å². The van der Waals surface area contributed by atoms with Crippen molar-refractivity contribution in [3.63, 3.8) is 0 Å². The minimum absolute atomic E-state index is 0.252. The molecule has 0 saturated heterocycles. The summed E-state index contributed by atoms with van der Waals surface area (Å²) < 4.78 is 24.6. The van der Waals surface area contributed by atoms with Crippen molar-refractivity contribution in [3.8, 4) is 0 Å². The van der Waals surface area contributed by atoms with Gasteiger partial charge >= 0.3 is 11.7 Å². The largest absolute Gasteiger partial charge is 0.450 e. The summed E-state index contributed by atoms with van der Waals surface area (Å²) in [5.74, 6) is -0.342. The predicted molar refractivity (Wildman–Crippen MR) is 117 cm³/mol. The van der Waals surface area contributed by atoms with Gasteiger partial charge in [-0.1, -0.05) is 17.7 Å². The Morgan fingerprint density at radius 3 is 2.77 bits per heavy atom. The van der Waals surface area contributed by atoms with Crippen molar-refractivity contribution < 1.29 is 18.3 Å². The molecule has 0 spiro atoms. The molecule has 0 unspecified atom stereocenters. The van der Waals surface area contributed by atoms with Crippen LogP contribution in [0.5, 0.6) is 0 Å². The molecule has 1 amide bonds. The van der Waals surface area contributed by atoms with E-state index in [1.807, 2.05) is 0 Å². The van der Waals surface area contributed by atoms with E-state index in [0.29, 0.717) is 41.0 Å². The number of carbonyl (C=O) groups excluding carboxylic acids is 1. The van der Waals surface area contributed by atoms with Crippen LogP contribution in [0.15, 0.2) is 51.7 Å². The topological polar surface area (TPSA) is 71.8 Å². The van der Waals surface area contributed by atoms with Crippen LogP contribution >= 0.6 is 11.6 Å². The van der Waals surface area contributed by atoms with Crippen molar-refractivity contribution in [2.24, 2.45) is 0 Å². The smallest absolute Gasteiger partial charge is 0.411 e. The third-order valence-corrected chi connectivity index (χ3v) is 5.57. The molecule has 1 aliphatic carbocycles. The Hall–Kier alpha value is -2.90. The summed E-state index contributed by atoms with van der Waals surface area (Å²) in [6.45, 7) is 2.76. The molecule has 4 rings (SSSR count). The number of hydrogen-bond donors (Lipinski definition) is 1. The highest BCUT2D eigenvalue weighted by Gasteiger charge is 2.30. The van der Waals surface area contributed by atoms with E-state index in [1.165, 1.54) is 12.1 Å². The molecule has 1 saturated carbocycles. The van der Waals surface area contributed by atoms with Gasteiger partial charge in [-0.2, -0.15) is 0 Å². The Balaban J connectivity index is 1.63. The summed E-state index contributed by atoms with van der Waals surface area (Å²) in [7, 11) is 0. The number of halogens is 2.